The summed E-state index contributed by atoms with van der Waals surface area (Å²) in [6.07, 6.45) is 2.58. The van der Waals surface area contributed by atoms with E-state index in [1.165, 1.54) is 31.5 Å². The van der Waals surface area contributed by atoms with Gasteiger partial charge in [0.05, 0.1) is 0 Å². The van der Waals surface area contributed by atoms with Crippen molar-refractivity contribution < 1.29 is 0 Å². The molecule has 1 heterocycles. The Morgan fingerprint density at radius 1 is 1.47 bits per heavy atom. The van der Waals surface area contributed by atoms with Crippen LogP contribution in [-0.4, -0.2) is 63.2 Å². The molecule has 0 unspecified atom stereocenters. The minimum absolute atomic E-state index is 0.745. The van der Waals surface area contributed by atoms with Crippen LogP contribution in [0.2, 0.25) is 0 Å². The van der Waals surface area contributed by atoms with Gasteiger partial charge in [-0.2, -0.15) is 0 Å². The zero-order valence-electron chi connectivity index (χ0n) is 10.4. The molecular weight excluding hydrogens is 186 g/mol. The summed E-state index contributed by atoms with van der Waals surface area (Å²) in [5.74, 6) is 0. The van der Waals surface area contributed by atoms with Gasteiger partial charge < -0.3 is 10.2 Å². The van der Waals surface area contributed by atoms with E-state index in [0.717, 1.165) is 19.1 Å². The van der Waals surface area contributed by atoms with Crippen LogP contribution in [-0.2, 0) is 0 Å². The predicted molar refractivity (Wildman–Crippen MR) is 66.2 cm³/mol. The molecule has 0 bridgehead atoms. The van der Waals surface area contributed by atoms with Crippen molar-refractivity contribution in [3.8, 4) is 0 Å². The van der Waals surface area contributed by atoms with Crippen LogP contribution in [0.15, 0.2) is 12.2 Å². The lowest BCUT2D eigenvalue weighted by atomic mass is 10.0. The van der Waals surface area contributed by atoms with E-state index in [1.807, 2.05) is 7.05 Å². The first-order chi connectivity index (χ1) is 7.13. The summed E-state index contributed by atoms with van der Waals surface area (Å²) in [5.41, 5.74) is 1.28. The maximum atomic E-state index is 4.08. The zero-order chi connectivity index (χ0) is 11.3. The maximum absolute atomic E-state index is 4.08. The molecule has 0 spiro atoms. The van der Waals surface area contributed by atoms with Crippen molar-refractivity contribution in [2.24, 2.45) is 0 Å². The van der Waals surface area contributed by atoms with Gasteiger partial charge in [0.1, 0.15) is 0 Å². The Kier molecular flexibility index (Phi) is 5.29. The fraction of sp³-hybridized carbons (Fsp3) is 0.833. The number of hydrogen-bond donors (Lipinski definition) is 1. The summed E-state index contributed by atoms with van der Waals surface area (Å²) >= 11 is 0. The van der Waals surface area contributed by atoms with Gasteiger partial charge in [-0.15, -0.1) is 0 Å². The molecular formula is C12H25N3. The minimum Gasteiger partial charge on any atom is -0.316 e. The molecule has 3 heteroatoms. The Bertz CT molecular complexity index is 195. The summed E-state index contributed by atoms with van der Waals surface area (Å²) in [6.45, 7) is 8.49. The average molecular weight is 211 g/mol. The molecule has 88 valence electrons. The highest BCUT2D eigenvalue weighted by molar-refractivity contribution is 5.00. The van der Waals surface area contributed by atoms with E-state index in [9.17, 15) is 0 Å². The molecule has 1 saturated heterocycles. The lowest BCUT2D eigenvalue weighted by Crippen LogP contribution is -2.42. The van der Waals surface area contributed by atoms with Crippen LogP contribution in [0.1, 0.15) is 12.8 Å². The number of hydrogen-bond acceptors (Lipinski definition) is 3. The number of rotatable bonds is 5. The van der Waals surface area contributed by atoms with Crippen molar-refractivity contribution in [3.05, 3.63) is 12.2 Å². The van der Waals surface area contributed by atoms with E-state index in [1.54, 1.807) is 0 Å². The number of piperidine rings is 1. The third kappa shape index (κ3) is 4.33. The number of likely N-dealkylation sites (tertiary alicyclic amines) is 1. The van der Waals surface area contributed by atoms with Gasteiger partial charge in [0.25, 0.3) is 0 Å². The average Bonchev–Trinajstić information content (AvgIpc) is 2.18. The summed E-state index contributed by atoms with van der Waals surface area (Å²) in [4.78, 5) is 4.86. The first-order valence-corrected chi connectivity index (χ1v) is 5.83. The Hall–Kier alpha value is -0.380. The van der Waals surface area contributed by atoms with Crippen LogP contribution in [0.4, 0.5) is 0 Å². The normalized spacial score (nSPS) is 19.7. The lowest BCUT2D eigenvalue weighted by molar-refractivity contribution is 0.152. The van der Waals surface area contributed by atoms with Crippen LogP contribution < -0.4 is 5.32 Å². The van der Waals surface area contributed by atoms with E-state index in [4.69, 9.17) is 0 Å². The van der Waals surface area contributed by atoms with Gasteiger partial charge >= 0.3 is 0 Å². The minimum atomic E-state index is 0.745. The molecule has 1 rings (SSSR count). The van der Waals surface area contributed by atoms with Crippen LogP contribution in [0.3, 0.4) is 0 Å². The van der Waals surface area contributed by atoms with Gasteiger partial charge in [-0.1, -0.05) is 6.58 Å². The predicted octanol–water partition coefficient (Wildman–Crippen LogP) is 0.788. The summed E-state index contributed by atoms with van der Waals surface area (Å²) in [5, 5.41) is 3.15. The smallest absolute Gasteiger partial charge is 0.0202 e. The molecule has 0 atom stereocenters. The number of likely N-dealkylation sites (N-methyl/N-ethyl adjacent to an activating group) is 2. The van der Waals surface area contributed by atoms with Crippen molar-refractivity contribution in [1.82, 2.24) is 15.1 Å². The van der Waals surface area contributed by atoms with Crippen LogP contribution in [0.5, 0.6) is 0 Å². The SMILES string of the molecule is C=C(CNC)CN(C)C1CCN(C)CC1. The molecule has 0 aromatic heterocycles. The van der Waals surface area contributed by atoms with Crippen molar-refractivity contribution in [1.29, 1.82) is 0 Å². The Labute approximate surface area is 94.1 Å². The second-order valence-electron chi connectivity index (χ2n) is 4.73. The van der Waals surface area contributed by atoms with Crippen LogP contribution in [0, 0.1) is 0 Å². The van der Waals surface area contributed by atoms with Crippen molar-refractivity contribution in [2.75, 3.05) is 47.3 Å². The summed E-state index contributed by atoms with van der Waals surface area (Å²) in [6, 6.07) is 0.745. The number of nitrogens with one attached hydrogen (secondary N) is 1. The van der Waals surface area contributed by atoms with Crippen molar-refractivity contribution in [3.63, 3.8) is 0 Å². The Morgan fingerprint density at radius 3 is 2.60 bits per heavy atom. The number of nitrogens with zero attached hydrogens (tertiary/aromatic N) is 2. The second-order valence-corrected chi connectivity index (χ2v) is 4.73. The molecule has 3 nitrogen and oxygen atoms in total. The highest BCUT2D eigenvalue weighted by atomic mass is 15.2. The highest BCUT2D eigenvalue weighted by Crippen LogP contribution is 2.14. The van der Waals surface area contributed by atoms with Crippen LogP contribution >= 0.6 is 0 Å². The zero-order valence-corrected chi connectivity index (χ0v) is 10.4. The molecule has 15 heavy (non-hydrogen) atoms. The fourth-order valence-electron chi connectivity index (χ4n) is 2.22. The highest BCUT2D eigenvalue weighted by Gasteiger charge is 2.20. The van der Waals surface area contributed by atoms with Gasteiger partial charge in [-0.25, -0.2) is 0 Å². The van der Waals surface area contributed by atoms with Gasteiger partial charge in [-0.05, 0) is 52.6 Å². The molecule has 0 aromatic rings. The molecule has 1 fully saturated rings. The van der Waals surface area contributed by atoms with Crippen molar-refractivity contribution >= 4 is 0 Å². The Balaban J connectivity index is 2.27. The lowest BCUT2D eigenvalue weighted by Gasteiger charge is -2.35. The molecule has 0 aliphatic carbocycles. The molecule has 0 amide bonds. The summed E-state index contributed by atoms with van der Waals surface area (Å²) < 4.78 is 0. The van der Waals surface area contributed by atoms with E-state index < -0.39 is 0 Å². The van der Waals surface area contributed by atoms with Gasteiger partial charge in [0.15, 0.2) is 0 Å². The van der Waals surface area contributed by atoms with E-state index in [2.05, 4.69) is 35.8 Å². The maximum Gasteiger partial charge on any atom is 0.0202 e. The third-order valence-corrected chi connectivity index (χ3v) is 3.21. The molecule has 1 aliphatic rings. The second kappa shape index (κ2) is 6.26. The van der Waals surface area contributed by atoms with E-state index in [-0.39, 0.29) is 0 Å². The van der Waals surface area contributed by atoms with Gasteiger partial charge in [0.2, 0.25) is 0 Å². The molecule has 1 N–H and O–H groups in total. The molecule has 0 aromatic carbocycles. The third-order valence-electron chi connectivity index (χ3n) is 3.21. The molecule has 1 aliphatic heterocycles. The quantitative estimate of drug-likeness (QED) is 0.678. The first-order valence-electron chi connectivity index (χ1n) is 5.83. The Morgan fingerprint density at radius 2 is 2.07 bits per heavy atom. The van der Waals surface area contributed by atoms with Crippen molar-refractivity contribution in [2.45, 2.75) is 18.9 Å². The standard InChI is InChI=1S/C12H25N3/c1-11(9-13-2)10-15(4)12-5-7-14(3)8-6-12/h12-13H,1,5-10H2,2-4H3. The van der Waals surface area contributed by atoms with Gasteiger partial charge in [0, 0.05) is 19.1 Å². The fourth-order valence-corrected chi connectivity index (χ4v) is 2.22. The molecule has 0 saturated carbocycles. The van der Waals surface area contributed by atoms with Crippen LogP contribution in [0.25, 0.3) is 0 Å². The largest absolute Gasteiger partial charge is 0.316 e. The van der Waals surface area contributed by atoms with Gasteiger partial charge in [-0.3, -0.25) is 4.90 Å². The first kappa shape index (κ1) is 12.7. The topological polar surface area (TPSA) is 18.5 Å². The summed E-state index contributed by atoms with van der Waals surface area (Å²) in [7, 11) is 6.40. The van der Waals surface area contributed by atoms with E-state index >= 15 is 0 Å². The molecule has 0 radical (unpaired) electrons. The monoisotopic (exact) mass is 211 g/mol. The van der Waals surface area contributed by atoms with E-state index in [0.29, 0.717) is 0 Å².